The van der Waals surface area contributed by atoms with Crippen molar-refractivity contribution in [2.45, 2.75) is 35.3 Å². The van der Waals surface area contributed by atoms with E-state index in [1.54, 1.807) is 0 Å². The van der Waals surface area contributed by atoms with Crippen LogP contribution in [0.25, 0.3) is 0 Å². The zero-order chi connectivity index (χ0) is 21.8. The maximum Gasteiger partial charge on any atom is 0.762 e. The first-order valence-corrected chi connectivity index (χ1v) is 11.4. The summed E-state index contributed by atoms with van der Waals surface area (Å²) in [6.45, 7) is 2.87. The molecule has 0 bridgehead atoms. The van der Waals surface area contributed by atoms with Crippen LogP contribution in [0, 0.1) is 0 Å². The fraction of sp³-hybridized carbons (Fsp3) is 0.217. The molecule has 0 aliphatic heterocycles. The van der Waals surface area contributed by atoms with Gasteiger partial charge in [-0.05, 0) is 58.8 Å². The van der Waals surface area contributed by atoms with E-state index in [4.69, 9.17) is 4.74 Å². The lowest BCUT2D eigenvalue weighted by atomic mass is 10.2. The molecule has 0 heterocycles. The number of rotatable bonds is 8. The summed E-state index contributed by atoms with van der Waals surface area (Å²) in [5.41, 5.74) is 0.984. The Balaban J connectivity index is 0.000000735. The van der Waals surface area contributed by atoms with Gasteiger partial charge in [-0.15, -0.1) is 0 Å². The Morgan fingerprint density at radius 2 is 1.23 bits per heavy atom. The summed E-state index contributed by atoms with van der Waals surface area (Å²) in [4.78, 5) is 1.52. The summed E-state index contributed by atoms with van der Waals surface area (Å²) >= 11 is 0. The van der Waals surface area contributed by atoms with Crippen LogP contribution in [-0.2, 0) is 5.75 Å². The van der Waals surface area contributed by atoms with Crippen molar-refractivity contribution >= 4 is 18.0 Å². The van der Waals surface area contributed by atoms with Crippen molar-refractivity contribution in [2.24, 2.45) is 0 Å². The van der Waals surface area contributed by atoms with E-state index >= 15 is 3.89 Å². The van der Waals surface area contributed by atoms with Gasteiger partial charge in [0, 0.05) is 15.5 Å². The summed E-state index contributed by atoms with van der Waals surface area (Å²) in [5, 5.41) is 0. The molecule has 0 unspecified atom stereocenters. The quantitative estimate of drug-likeness (QED) is 0.197. The van der Waals surface area contributed by atoms with Crippen molar-refractivity contribution < 1.29 is 21.6 Å². The maximum absolute atomic E-state index is 16.3. The first-order chi connectivity index (χ1) is 14.5. The number of benzene rings is 3. The van der Waals surface area contributed by atoms with E-state index in [0.717, 1.165) is 40.6 Å². The summed E-state index contributed by atoms with van der Waals surface area (Å²) in [7, 11) is -6.29. The fourth-order valence-electron chi connectivity index (χ4n) is 2.82. The van der Waals surface area contributed by atoms with Gasteiger partial charge < -0.3 is 4.74 Å². The zero-order valence-corrected chi connectivity index (χ0v) is 17.6. The highest BCUT2D eigenvalue weighted by molar-refractivity contribution is 8.29. The molecule has 0 spiro atoms. The third kappa shape index (κ3) is 7.45. The molecule has 30 heavy (non-hydrogen) atoms. The molecule has 0 amide bonds. The van der Waals surface area contributed by atoms with E-state index in [0.29, 0.717) is 5.75 Å². The predicted molar refractivity (Wildman–Crippen MR) is 118 cm³/mol. The van der Waals surface area contributed by atoms with Crippen LogP contribution >= 0.6 is 10.4 Å². The van der Waals surface area contributed by atoms with Gasteiger partial charge in [-0.2, -0.15) is 3.89 Å². The highest BCUT2D eigenvalue weighted by Gasteiger charge is 2.28. The molecule has 0 N–H and O–H groups in total. The van der Waals surface area contributed by atoms with E-state index in [9.17, 15) is 12.9 Å². The van der Waals surface area contributed by atoms with Gasteiger partial charge in [0.15, 0.2) is 0 Å². The second-order valence-electron chi connectivity index (χ2n) is 6.52. The van der Waals surface area contributed by atoms with Gasteiger partial charge in [-0.1, -0.05) is 61.9 Å². The monoisotopic (exact) mass is 436 g/mol. The van der Waals surface area contributed by atoms with Crippen LogP contribution in [-0.4, -0.2) is 14.2 Å². The standard InChI is InChI=1S/C23H25FOS.BF3/c1-2-3-18-25-21-16-14-20(15-17-21)19-26(24,22-10-6-4-7-11-22)23-12-8-5-9-13-23;2-1(3)4/h4-17H,2-3,18-19H2,1H3;. The number of hydrogen-bond acceptors (Lipinski definition) is 1. The molecule has 3 rings (SSSR count). The van der Waals surface area contributed by atoms with Gasteiger partial charge in [0.2, 0.25) is 0 Å². The van der Waals surface area contributed by atoms with Gasteiger partial charge >= 0.3 is 7.54 Å². The molecule has 0 aromatic heterocycles. The van der Waals surface area contributed by atoms with Crippen LogP contribution in [0.4, 0.5) is 16.8 Å². The molecule has 3 aromatic rings. The first-order valence-electron chi connectivity index (χ1n) is 9.70. The summed E-state index contributed by atoms with van der Waals surface area (Å²) in [6.07, 6.45) is 2.15. The van der Waals surface area contributed by atoms with Crippen molar-refractivity contribution in [1.82, 2.24) is 0 Å². The van der Waals surface area contributed by atoms with Crippen molar-refractivity contribution in [3.63, 3.8) is 0 Å². The smallest absolute Gasteiger partial charge is 0.494 e. The molecule has 0 aliphatic carbocycles. The van der Waals surface area contributed by atoms with Crippen LogP contribution in [0.15, 0.2) is 94.7 Å². The molecule has 0 saturated heterocycles. The van der Waals surface area contributed by atoms with Crippen LogP contribution in [0.5, 0.6) is 5.75 Å². The van der Waals surface area contributed by atoms with Gasteiger partial charge in [0.1, 0.15) is 5.75 Å². The summed E-state index contributed by atoms with van der Waals surface area (Å²) in [6, 6.07) is 26.9. The van der Waals surface area contributed by atoms with E-state index < -0.39 is 18.0 Å². The number of unbranched alkanes of at least 4 members (excludes halogenated alkanes) is 1. The Bertz CT molecular complexity index is 806. The minimum absolute atomic E-state index is 0.371. The fourth-order valence-corrected chi connectivity index (χ4v) is 5.26. The van der Waals surface area contributed by atoms with E-state index in [2.05, 4.69) is 6.92 Å². The molecule has 7 heteroatoms. The van der Waals surface area contributed by atoms with Crippen LogP contribution in [0.2, 0.25) is 0 Å². The van der Waals surface area contributed by atoms with Crippen molar-refractivity contribution in [3.05, 3.63) is 90.5 Å². The largest absolute Gasteiger partial charge is 0.762 e. The molecule has 160 valence electrons. The zero-order valence-electron chi connectivity index (χ0n) is 16.8. The second-order valence-corrected chi connectivity index (χ2v) is 9.06. The Morgan fingerprint density at radius 3 is 1.67 bits per heavy atom. The molecule has 1 nitrogen and oxygen atoms in total. The highest BCUT2D eigenvalue weighted by atomic mass is 32.3. The Labute approximate surface area is 177 Å². The average molecular weight is 436 g/mol. The topological polar surface area (TPSA) is 9.23 Å². The second kappa shape index (κ2) is 12.3. The average Bonchev–Trinajstić information content (AvgIpc) is 2.76. The number of halogens is 4. The Kier molecular flexibility index (Phi) is 9.81. The van der Waals surface area contributed by atoms with Gasteiger partial charge in [0.05, 0.1) is 6.61 Å². The molecule has 3 aromatic carbocycles. The SMILES string of the molecule is CCCCOc1ccc(CS(F)(c2ccccc2)c2ccccc2)cc1.FB(F)F. The lowest BCUT2D eigenvalue weighted by Crippen LogP contribution is -2.01. The molecular formula is C23H25BF4OS. The Hall–Kier alpha value is -2.41. The third-order valence-electron chi connectivity index (χ3n) is 4.29. The third-order valence-corrected chi connectivity index (χ3v) is 7.06. The van der Waals surface area contributed by atoms with Crippen LogP contribution in [0.1, 0.15) is 25.3 Å². The van der Waals surface area contributed by atoms with E-state index in [1.807, 2.05) is 84.9 Å². The van der Waals surface area contributed by atoms with Crippen molar-refractivity contribution in [3.8, 4) is 5.75 Å². The minimum atomic E-state index is -3.67. The van der Waals surface area contributed by atoms with Crippen LogP contribution in [0.3, 0.4) is 0 Å². The minimum Gasteiger partial charge on any atom is -0.494 e. The lowest BCUT2D eigenvalue weighted by molar-refractivity contribution is 0.309. The van der Waals surface area contributed by atoms with Gasteiger partial charge in [-0.3, -0.25) is 12.9 Å². The molecule has 0 radical (unpaired) electrons. The van der Waals surface area contributed by atoms with Crippen LogP contribution < -0.4 is 4.74 Å². The first kappa shape index (κ1) is 23.9. The summed E-state index contributed by atoms with van der Waals surface area (Å²) in [5.74, 6) is 1.22. The number of ether oxygens (including phenoxy) is 1. The van der Waals surface area contributed by atoms with Gasteiger partial charge in [-0.25, -0.2) is 0 Å². The highest BCUT2D eigenvalue weighted by Crippen LogP contribution is 2.65. The molecule has 0 aliphatic rings. The van der Waals surface area contributed by atoms with Gasteiger partial charge in [0.25, 0.3) is 0 Å². The Morgan fingerprint density at radius 1 is 0.767 bits per heavy atom. The molecule has 0 fully saturated rings. The lowest BCUT2D eigenvalue weighted by Gasteiger charge is -2.32. The predicted octanol–water partition coefficient (Wildman–Crippen LogP) is 8.05. The number of hydrogen-bond donors (Lipinski definition) is 0. The molecule has 0 atom stereocenters. The van der Waals surface area contributed by atoms with Crippen molar-refractivity contribution in [2.75, 3.05) is 6.61 Å². The molecule has 0 saturated carbocycles. The summed E-state index contributed by atoms with van der Waals surface area (Å²) < 4.78 is 51.1. The van der Waals surface area contributed by atoms with E-state index in [1.165, 1.54) is 0 Å². The maximum atomic E-state index is 16.3. The van der Waals surface area contributed by atoms with Crippen molar-refractivity contribution in [1.29, 1.82) is 0 Å². The van der Waals surface area contributed by atoms with E-state index in [-0.39, 0.29) is 0 Å². The molecular weight excluding hydrogens is 411 g/mol. The normalized spacial score (nSPS) is 11.2.